The van der Waals surface area contributed by atoms with E-state index in [9.17, 15) is 8.42 Å². The normalized spacial score (nSPS) is 10.2. The van der Waals surface area contributed by atoms with Crippen LogP contribution in [0.2, 0.25) is 5.02 Å². The quantitative estimate of drug-likeness (QED) is 0.680. The van der Waals surface area contributed by atoms with Crippen molar-refractivity contribution in [1.29, 1.82) is 0 Å². The number of halogens is 1. The number of rotatable bonds is 0. The average molecular weight is 223 g/mol. The summed E-state index contributed by atoms with van der Waals surface area (Å²) in [6.07, 6.45) is 0. The van der Waals surface area contributed by atoms with E-state index in [1.807, 2.05) is 31.2 Å². The maximum Gasteiger partial charge on any atom is 0.271 e. The molecule has 74 valence electrons. The molecule has 0 spiro atoms. The molecule has 0 aliphatic carbocycles. The third-order valence-electron chi connectivity index (χ3n) is 1.08. The van der Waals surface area contributed by atoms with Crippen molar-refractivity contribution < 1.29 is 8.42 Å². The molecule has 1 rings (SSSR count). The molecule has 0 aromatic heterocycles. The predicted octanol–water partition coefficient (Wildman–Crippen LogP) is 0.797. The Kier molecular flexibility index (Phi) is 4.94. The van der Waals surface area contributed by atoms with Gasteiger partial charge in [0.2, 0.25) is 0 Å². The van der Waals surface area contributed by atoms with Gasteiger partial charge in [0.05, 0.1) is 0 Å². The fraction of sp³-hybridized carbons (Fsp3) is 0.143. The van der Waals surface area contributed by atoms with Gasteiger partial charge in [0.1, 0.15) is 0 Å². The van der Waals surface area contributed by atoms with Crippen LogP contribution >= 0.6 is 11.6 Å². The first kappa shape index (κ1) is 12.4. The summed E-state index contributed by atoms with van der Waals surface area (Å²) in [5, 5.41) is 9.05. The van der Waals surface area contributed by atoms with E-state index >= 15 is 0 Å². The second kappa shape index (κ2) is 5.18. The van der Waals surface area contributed by atoms with Crippen LogP contribution in [0.5, 0.6) is 0 Å². The van der Waals surface area contributed by atoms with Gasteiger partial charge in [-0.05, 0) is 18.6 Å². The Labute approximate surface area is 82.7 Å². The highest BCUT2D eigenvalue weighted by atomic mass is 35.5. The highest BCUT2D eigenvalue weighted by molar-refractivity contribution is 7.86. The van der Waals surface area contributed by atoms with Crippen LogP contribution in [0.4, 0.5) is 0 Å². The second-order valence-electron chi connectivity index (χ2n) is 2.34. The minimum atomic E-state index is -3.67. The molecule has 0 aliphatic heterocycles. The van der Waals surface area contributed by atoms with Crippen molar-refractivity contribution in [2.45, 2.75) is 6.92 Å². The van der Waals surface area contributed by atoms with Crippen LogP contribution in [-0.4, -0.2) is 8.42 Å². The lowest BCUT2D eigenvalue weighted by Gasteiger charge is -1.90. The maximum atomic E-state index is 9.19. The topological polar surface area (TPSA) is 86.2 Å². The van der Waals surface area contributed by atoms with Gasteiger partial charge in [-0.15, -0.1) is 0 Å². The van der Waals surface area contributed by atoms with Crippen LogP contribution in [0.3, 0.4) is 0 Å². The fourth-order valence-electron chi connectivity index (χ4n) is 0.551. The van der Waals surface area contributed by atoms with Gasteiger partial charge in [0.15, 0.2) is 0 Å². The number of hydrogen-bond acceptors (Lipinski definition) is 2. The van der Waals surface area contributed by atoms with Crippen LogP contribution in [0.1, 0.15) is 5.56 Å². The molecule has 0 aliphatic rings. The van der Waals surface area contributed by atoms with E-state index in [1.165, 1.54) is 0 Å². The molecule has 4 nitrogen and oxygen atoms in total. The molecule has 4 N–H and O–H groups in total. The van der Waals surface area contributed by atoms with Crippen molar-refractivity contribution in [2.24, 2.45) is 10.3 Å². The van der Waals surface area contributed by atoms with E-state index in [2.05, 4.69) is 10.3 Å². The van der Waals surface area contributed by atoms with E-state index in [-0.39, 0.29) is 0 Å². The zero-order chi connectivity index (χ0) is 10.5. The summed E-state index contributed by atoms with van der Waals surface area (Å²) in [4.78, 5) is 0. The Hall–Kier alpha value is -0.620. The van der Waals surface area contributed by atoms with Gasteiger partial charge in [0, 0.05) is 5.02 Å². The van der Waals surface area contributed by atoms with Crippen molar-refractivity contribution in [3.8, 4) is 0 Å². The van der Waals surface area contributed by atoms with Gasteiger partial charge in [-0.3, -0.25) is 0 Å². The smallest absolute Gasteiger partial charge is 0.216 e. The Bertz CT molecular complexity index is 336. The first-order chi connectivity index (χ1) is 5.80. The molecule has 0 saturated carbocycles. The SMILES string of the molecule is Cc1ccccc1Cl.NS(N)(=O)=O. The Morgan fingerprint density at radius 3 is 1.85 bits per heavy atom. The maximum absolute atomic E-state index is 9.19. The first-order valence-corrected chi connectivity index (χ1v) is 5.31. The number of benzene rings is 1. The molecule has 0 heterocycles. The van der Waals surface area contributed by atoms with Gasteiger partial charge in [0.25, 0.3) is 10.2 Å². The van der Waals surface area contributed by atoms with E-state index in [0.717, 1.165) is 10.6 Å². The minimum absolute atomic E-state index is 0.840. The predicted molar refractivity (Wildman–Crippen MR) is 53.5 cm³/mol. The van der Waals surface area contributed by atoms with Gasteiger partial charge >= 0.3 is 0 Å². The largest absolute Gasteiger partial charge is 0.271 e. The minimum Gasteiger partial charge on any atom is -0.216 e. The monoisotopic (exact) mass is 222 g/mol. The molecule has 1 aromatic carbocycles. The summed E-state index contributed by atoms with van der Waals surface area (Å²) >= 11 is 5.71. The van der Waals surface area contributed by atoms with Crippen molar-refractivity contribution in [3.63, 3.8) is 0 Å². The van der Waals surface area contributed by atoms with E-state index in [4.69, 9.17) is 11.6 Å². The van der Waals surface area contributed by atoms with Crippen LogP contribution in [-0.2, 0) is 10.2 Å². The molecule has 0 unspecified atom stereocenters. The molecular formula is C7H11ClN2O2S. The van der Waals surface area contributed by atoms with Gasteiger partial charge in [-0.25, -0.2) is 10.3 Å². The zero-order valence-corrected chi connectivity index (χ0v) is 8.64. The molecule has 1 aromatic rings. The van der Waals surface area contributed by atoms with Gasteiger partial charge in [-0.2, -0.15) is 8.42 Å². The standard InChI is InChI=1S/C7H7Cl.H4N2O2S/c1-6-4-2-3-5-7(6)8;1-5(2,3)4/h2-5H,1H3;(H4,1,2,3,4). The average Bonchev–Trinajstić information content (AvgIpc) is 1.92. The van der Waals surface area contributed by atoms with Gasteiger partial charge < -0.3 is 0 Å². The lowest BCUT2D eigenvalue weighted by atomic mass is 10.2. The van der Waals surface area contributed by atoms with Crippen molar-refractivity contribution in [2.75, 3.05) is 0 Å². The molecule has 6 heteroatoms. The summed E-state index contributed by atoms with van der Waals surface area (Å²) in [6, 6.07) is 7.77. The highest BCUT2D eigenvalue weighted by Gasteiger charge is 1.86. The lowest BCUT2D eigenvalue weighted by molar-refractivity contribution is 0.599. The van der Waals surface area contributed by atoms with Crippen LogP contribution in [0.25, 0.3) is 0 Å². The van der Waals surface area contributed by atoms with Crippen LogP contribution < -0.4 is 10.3 Å². The summed E-state index contributed by atoms with van der Waals surface area (Å²) in [5.74, 6) is 0. The van der Waals surface area contributed by atoms with Gasteiger partial charge in [-0.1, -0.05) is 29.8 Å². The Balaban J connectivity index is 0.000000252. The van der Waals surface area contributed by atoms with Crippen molar-refractivity contribution in [3.05, 3.63) is 34.9 Å². The summed E-state index contributed by atoms with van der Waals surface area (Å²) in [6.45, 7) is 1.99. The molecule has 0 amide bonds. The summed E-state index contributed by atoms with van der Waals surface area (Å²) in [5.41, 5.74) is 1.13. The van der Waals surface area contributed by atoms with E-state index in [1.54, 1.807) is 0 Å². The Morgan fingerprint density at radius 1 is 1.23 bits per heavy atom. The third-order valence-corrected chi connectivity index (χ3v) is 1.50. The molecule has 0 saturated heterocycles. The van der Waals surface area contributed by atoms with E-state index in [0.29, 0.717) is 0 Å². The molecule has 13 heavy (non-hydrogen) atoms. The molecule has 0 fully saturated rings. The lowest BCUT2D eigenvalue weighted by Crippen LogP contribution is -2.21. The second-order valence-corrected chi connectivity index (χ2v) is 3.92. The van der Waals surface area contributed by atoms with Crippen molar-refractivity contribution in [1.82, 2.24) is 0 Å². The summed E-state index contributed by atoms with van der Waals surface area (Å²) < 4.78 is 18.4. The highest BCUT2D eigenvalue weighted by Crippen LogP contribution is 2.11. The van der Waals surface area contributed by atoms with E-state index < -0.39 is 10.2 Å². The number of hydrogen-bond donors (Lipinski definition) is 2. The fourth-order valence-corrected chi connectivity index (χ4v) is 0.687. The van der Waals surface area contributed by atoms with Crippen LogP contribution in [0.15, 0.2) is 24.3 Å². The summed E-state index contributed by atoms with van der Waals surface area (Å²) in [7, 11) is -3.67. The first-order valence-electron chi connectivity index (χ1n) is 3.32. The number of aryl methyl sites for hydroxylation is 1. The number of nitrogens with two attached hydrogens (primary N) is 2. The molecule has 0 radical (unpaired) electrons. The molecular weight excluding hydrogens is 212 g/mol. The zero-order valence-electron chi connectivity index (χ0n) is 7.07. The third kappa shape index (κ3) is 9.29. The van der Waals surface area contributed by atoms with Crippen molar-refractivity contribution >= 4 is 21.8 Å². The van der Waals surface area contributed by atoms with Crippen LogP contribution in [0, 0.1) is 6.92 Å². The Morgan fingerprint density at radius 2 is 1.62 bits per heavy atom. The molecule has 0 atom stereocenters. The molecule has 0 bridgehead atoms.